The first-order valence-electron chi connectivity index (χ1n) is 5.13. The van der Waals surface area contributed by atoms with Gasteiger partial charge in [-0.25, -0.2) is 0 Å². The molecule has 0 aliphatic carbocycles. The summed E-state index contributed by atoms with van der Waals surface area (Å²) in [7, 11) is 3.95. The Morgan fingerprint density at radius 1 is 1.36 bits per heavy atom. The van der Waals surface area contributed by atoms with Crippen molar-refractivity contribution in [2.45, 2.75) is 27.7 Å². The second-order valence-electron chi connectivity index (χ2n) is 5.22. The smallest absolute Gasteiger partial charge is 0.149 e. The van der Waals surface area contributed by atoms with E-state index < -0.39 is 0 Å². The minimum absolute atomic E-state index is 0.0663. The zero-order valence-corrected chi connectivity index (χ0v) is 10.3. The molecular formula is C11H24N2O. The van der Waals surface area contributed by atoms with Crippen molar-refractivity contribution in [2.24, 2.45) is 11.3 Å². The van der Waals surface area contributed by atoms with Crippen LogP contribution in [0.15, 0.2) is 0 Å². The number of hydrogen-bond acceptors (Lipinski definition) is 3. The van der Waals surface area contributed by atoms with Gasteiger partial charge in [-0.15, -0.1) is 0 Å². The highest BCUT2D eigenvalue weighted by Gasteiger charge is 2.25. The standard InChI is InChI=1S/C11H24N2O/c1-9(11(2,3)4)10(14)7-12-8-13(5)6/h9,12H,7-8H2,1-6H3. The number of ketones is 1. The minimum atomic E-state index is 0.0663. The zero-order chi connectivity index (χ0) is 11.4. The van der Waals surface area contributed by atoms with E-state index >= 15 is 0 Å². The predicted molar refractivity (Wildman–Crippen MR) is 60.2 cm³/mol. The molecule has 0 bridgehead atoms. The molecule has 0 aliphatic rings. The molecule has 0 aromatic heterocycles. The lowest BCUT2D eigenvalue weighted by Gasteiger charge is -2.26. The van der Waals surface area contributed by atoms with Crippen LogP contribution in [0.5, 0.6) is 0 Å². The number of Topliss-reactive ketones (excluding diaryl/α,β-unsaturated/α-hetero) is 1. The maximum atomic E-state index is 11.7. The van der Waals surface area contributed by atoms with Gasteiger partial charge in [0.25, 0.3) is 0 Å². The largest absolute Gasteiger partial charge is 0.298 e. The van der Waals surface area contributed by atoms with Gasteiger partial charge in [-0.1, -0.05) is 27.7 Å². The number of carbonyl (C=O) groups is 1. The maximum Gasteiger partial charge on any atom is 0.149 e. The fraction of sp³-hybridized carbons (Fsp3) is 0.909. The van der Waals surface area contributed by atoms with E-state index in [0.29, 0.717) is 12.3 Å². The van der Waals surface area contributed by atoms with Crippen molar-refractivity contribution in [1.29, 1.82) is 0 Å². The molecule has 0 aromatic carbocycles. The van der Waals surface area contributed by atoms with Crippen molar-refractivity contribution in [3.05, 3.63) is 0 Å². The number of hydrogen-bond donors (Lipinski definition) is 1. The van der Waals surface area contributed by atoms with Crippen LogP contribution < -0.4 is 5.32 Å². The van der Waals surface area contributed by atoms with E-state index in [2.05, 4.69) is 26.1 Å². The van der Waals surface area contributed by atoms with Crippen LogP contribution in [0.4, 0.5) is 0 Å². The SMILES string of the molecule is CC(C(=O)CNCN(C)C)C(C)(C)C. The average Bonchev–Trinajstić information content (AvgIpc) is 2.00. The summed E-state index contributed by atoms with van der Waals surface area (Å²) < 4.78 is 0. The van der Waals surface area contributed by atoms with Crippen LogP contribution in [0.2, 0.25) is 0 Å². The van der Waals surface area contributed by atoms with Crippen molar-refractivity contribution in [1.82, 2.24) is 10.2 Å². The summed E-state index contributed by atoms with van der Waals surface area (Å²) in [6, 6.07) is 0. The van der Waals surface area contributed by atoms with E-state index in [1.807, 2.05) is 25.9 Å². The van der Waals surface area contributed by atoms with Gasteiger partial charge >= 0.3 is 0 Å². The first kappa shape index (κ1) is 13.6. The number of carbonyl (C=O) groups excluding carboxylic acids is 1. The molecule has 3 nitrogen and oxygen atoms in total. The third-order valence-electron chi connectivity index (χ3n) is 2.51. The molecule has 0 saturated heterocycles. The van der Waals surface area contributed by atoms with Crippen LogP contribution in [0, 0.1) is 11.3 Å². The summed E-state index contributed by atoms with van der Waals surface area (Å²) in [5.74, 6) is 0.400. The number of rotatable bonds is 5. The van der Waals surface area contributed by atoms with Crippen molar-refractivity contribution >= 4 is 5.78 Å². The van der Waals surface area contributed by atoms with Gasteiger partial charge in [0, 0.05) is 12.6 Å². The fourth-order valence-corrected chi connectivity index (χ4v) is 1.04. The Bertz CT molecular complexity index is 182. The summed E-state index contributed by atoms with van der Waals surface area (Å²) in [5.41, 5.74) is 0.0663. The first-order valence-corrected chi connectivity index (χ1v) is 5.13. The highest BCUT2D eigenvalue weighted by molar-refractivity contribution is 5.83. The zero-order valence-electron chi connectivity index (χ0n) is 10.3. The maximum absolute atomic E-state index is 11.7. The van der Waals surface area contributed by atoms with Crippen LogP contribution in [0.25, 0.3) is 0 Å². The van der Waals surface area contributed by atoms with Crippen LogP contribution in [-0.4, -0.2) is 38.0 Å². The van der Waals surface area contributed by atoms with E-state index in [-0.39, 0.29) is 11.3 Å². The summed E-state index contributed by atoms with van der Waals surface area (Å²) in [4.78, 5) is 13.7. The Morgan fingerprint density at radius 2 is 1.86 bits per heavy atom. The van der Waals surface area contributed by atoms with Gasteiger partial charge in [0.2, 0.25) is 0 Å². The Labute approximate surface area is 87.9 Å². The van der Waals surface area contributed by atoms with E-state index in [0.717, 1.165) is 6.67 Å². The molecule has 14 heavy (non-hydrogen) atoms. The van der Waals surface area contributed by atoms with E-state index in [1.165, 1.54) is 0 Å². The topological polar surface area (TPSA) is 32.3 Å². The average molecular weight is 200 g/mol. The molecule has 0 radical (unpaired) electrons. The number of nitrogens with zero attached hydrogens (tertiary/aromatic N) is 1. The van der Waals surface area contributed by atoms with Gasteiger partial charge in [0.1, 0.15) is 5.78 Å². The molecule has 0 rings (SSSR count). The van der Waals surface area contributed by atoms with Crippen molar-refractivity contribution in [3.63, 3.8) is 0 Å². The molecule has 0 heterocycles. The highest BCUT2D eigenvalue weighted by atomic mass is 16.1. The molecular weight excluding hydrogens is 176 g/mol. The van der Waals surface area contributed by atoms with Crippen molar-refractivity contribution < 1.29 is 4.79 Å². The lowest BCUT2D eigenvalue weighted by molar-refractivity contribution is -0.124. The molecule has 0 saturated carbocycles. The molecule has 84 valence electrons. The lowest BCUT2D eigenvalue weighted by Crippen LogP contribution is -2.37. The lowest BCUT2D eigenvalue weighted by atomic mass is 9.79. The van der Waals surface area contributed by atoms with Gasteiger partial charge in [-0.2, -0.15) is 0 Å². The molecule has 0 amide bonds. The third kappa shape index (κ3) is 5.35. The highest BCUT2D eigenvalue weighted by Crippen LogP contribution is 2.25. The van der Waals surface area contributed by atoms with Crippen molar-refractivity contribution in [2.75, 3.05) is 27.3 Å². The Morgan fingerprint density at radius 3 is 2.21 bits per heavy atom. The molecule has 3 heteroatoms. The molecule has 0 aromatic rings. The molecule has 1 unspecified atom stereocenters. The molecule has 0 spiro atoms. The summed E-state index contributed by atoms with van der Waals surface area (Å²) >= 11 is 0. The van der Waals surface area contributed by atoms with Gasteiger partial charge in [0.15, 0.2) is 0 Å². The normalized spacial score (nSPS) is 14.5. The Kier molecular flexibility index (Phi) is 5.31. The number of nitrogens with one attached hydrogen (secondary N) is 1. The van der Waals surface area contributed by atoms with Crippen LogP contribution >= 0.6 is 0 Å². The Balaban J connectivity index is 3.86. The quantitative estimate of drug-likeness (QED) is 0.680. The molecule has 1 atom stereocenters. The van der Waals surface area contributed by atoms with Crippen LogP contribution in [0.3, 0.4) is 0 Å². The van der Waals surface area contributed by atoms with Gasteiger partial charge in [-0.05, 0) is 19.5 Å². The minimum Gasteiger partial charge on any atom is -0.298 e. The summed E-state index contributed by atoms with van der Waals surface area (Å²) in [6.07, 6.45) is 0. The first-order chi connectivity index (χ1) is 6.25. The van der Waals surface area contributed by atoms with Crippen molar-refractivity contribution in [3.8, 4) is 0 Å². The molecule has 1 N–H and O–H groups in total. The third-order valence-corrected chi connectivity index (χ3v) is 2.51. The molecule has 0 aliphatic heterocycles. The second kappa shape index (κ2) is 5.47. The summed E-state index contributed by atoms with van der Waals surface area (Å²) in [6.45, 7) is 9.52. The summed E-state index contributed by atoms with van der Waals surface area (Å²) in [5, 5.41) is 3.11. The van der Waals surface area contributed by atoms with Gasteiger partial charge in [0.05, 0.1) is 6.54 Å². The predicted octanol–water partition coefficient (Wildman–Crippen LogP) is 1.35. The van der Waals surface area contributed by atoms with Gasteiger partial charge < -0.3 is 0 Å². The van der Waals surface area contributed by atoms with Crippen LogP contribution in [-0.2, 0) is 4.79 Å². The Hall–Kier alpha value is -0.410. The molecule has 0 fully saturated rings. The van der Waals surface area contributed by atoms with E-state index in [1.54, 1.807) is 0 Å². The fourth-order valence-electron chi connectivity index (χ4n) is 1.04. The van der Waals surface area contributed by atoms with Gasteiger partial charge in [-0.3, -0.25) is 15.0 Å². The van der Waals surface area contributed by atoms with E-state index in [4.69, 9.17) is 0 Å². The van der Waals surface area contributed by atoms with Crippen LogP contribution in [0.1, 0.15) is 27.7 Å². The second-order valence-corrected chi connectivity index (χ2v) is 5.22. The van der Waals surface area contributed by atoms with E-state index in [9.17, 15) is 4.79 Å². The monoisotopic (exact) mass is 200 g/mol.